The molecule has 0 saturated carbocycles. The van der Waals surface area contributed by atoms with Crippen molar-refractivity contribution in [2.45, 2.75) is 25.6 Å². The molecule has 1 N–H and O–H groups in total. The lowest BCUT2D eigenvalue weighted by atomic mass is 10.4. The van der Waals surface area contributed by atoms with Crippen LogP contribution in [0, 0.1) is 0 Å². The van der Waals surface area contributed by atoms with E-state index in [1.807, 2.05) is 6.92 Å². The first-order chi connectivity index (χ1) is 4.18. The lowest BCUT2D eigenvalue weighted by Gasteiger charge is -2.02. The van der Waals surface area contributed by atoms with Crippen molar-refractivity contribution >= 4 is 17.5 Å². The van der Waals surface area contributed by atoms with Crippen LogP contribution in [0.5, 0.6) is 0 Å². The molecule has 9 heavy (non-hydrogen) atoms. The molecule has 3 heteroatoms. The number of hydrogen-bond acceptors (Lipinski definition) is 1. The van der Waals surface area contributed by atoms with Crippen LogP contribution < -0.4 is 5.32 Å². The average Bonchev–Trinajstić information content (AvgIpc) is 1.82. The highest BCUT2D eigenvalue weighted by molar-refractivity contribution is 6.30. The van der Waals surface area contributed by atoms with Crippen LogP contribution in [0.2, 0.25) is 0 Å². The third kappa shape index (κ3) is 4.28. The summed E-state index contributed by atoms with van der Waals surface area (Å²) in [5.41, 5.74) is 0. The van der Waals surface area contributed by atoms with Gasteiger partial charge in [0.15, 0.2) is 0 Å². The van der Waals surface area contributed by atoms with E-state index in [-0.39, 0.29) is 5.91 Å². The van der Waals surface area contributed by atoms with E-state index >= 15 is 0 Å². The van der Waals surface area contributed by atoms with Gasteiger partial charge in [-0.3, -0.25) is 4.79 Å². The van der Waals surface area contributed by atoms with Crippen LogP contribution in [-0.4, -0.2) is 17.8 Å². The second-order valence-electron chi connectivity index (χ2n) is 1.91. The zero-order chi connectivity index (χ0) is 7.28. The Hall–Kier alpha value is -0.240. The van der Waals surface area contributed by atoms with Crippen molar-refractivity contribution in [1.29, 1.82) is 0 Å². The third-order valence-electron chi connectivity index (χ3n) is 0.911. The van der Waals surface area contributed by atoms with E-state index < -0.39 is 5.38 Å². The fourth-order valence-electron chi connectivity index (χ4n) is 0.389. The van der Waals surface area contributed by atoms with Crippen molar-refractivity contribution in [3.05, 3.63) is 0 Å². The maximum Gasteiger partial charge on any atom is 0.237 e. The number of nitrogens with one attached hydrogen (secondary N) is 1. The van der Waals surface area contributed by atoms with E-state index in [1.54, 1.807) is 6.92 Å². The van der Waals surface area contributed by atoms with Gasteiger partial charge in [-0.15, -0.1) is 11.6 Å². The van der Waals surface area contributed by atoms with E-state index in [2.05, 4.69) is 5.32 Å². The number of halogens is 1. The van der Waals surface area contributed by atoms with Gasteiger partial charge >= 0.3 is 0 Å². The van der Waals surface area contributed by atoms with Crippen LogP contribution >= 0.6 is 11.6 Å². The van der Waals surface area contributed by atoms with Gasteiger partial charge < -0.3 is 5.32 Å². The number of rotatable bonds is 3. The summed E-state index contributed by atoms with van der Waals surface area (Å²) >= 11 is 5.45. The van der Waals surface area contributed by atoms with Gasteiger partial charge in [-0.05, 0) is 13.3 Å². The normalized spacial score (nSPS) is 12.8. The van der Waals surface area contributed by atoms with Gasteiger partial charge in [0.2, 0.25) is 5.91 Å². The van der Waals surface area contributed by atoms with Crippen LogP contribution in [0.15, 0.2) is 0 Å². The van der Waals surface area contributed by atoms with Crippen molar-refractivity contribution < 1.29 is 4.79 Å². The Morgan fingerprint density at radius 1 is 1.78 bits per heavy atom. The fourth-order valence-corrected chi connectivity index (χ4v) is 0.466. The molecule has 0 aliphatic heterocycles. The Morgan fingerprint density at radius 2 is 2.33 bits per heavy atom. The molecule has 1 atom stereocenters. The second kappa shape index (κ2) is 4.62. The molecule has 0 heterocycles. The van der Waals surface area contributed by atoms with Gasteiger partial charge in [-0.2, -0.15) is 0 Å². The molecule has 0 radical (unpaired) electrons. The first-order valence-electron chi connectivity index (χ1n) is 3.10. The van der Waals surface area contributed by atoms with Crippen LogP contribution in [0.3, 0.4) is 0 Å². The minimum atomic E-state index is -0.406. The summed E-state index contributed by atoms with van der Waals surface area (Å²) in [4.78, 5) is 10.7. The molecular weight excluding hydrogens is 138 g/mol. The molecule has 0 aliphatic carbocycles. The van der Waals surface area contributed by atoms with Crippen LogP contribution in [-0.2, 0) is 4.79 Å². The summed E-state index contributed by atoms with van der Waals surface area (Å²) in [5.74, 6) is -0.0847. The quantitative estimate of drug-likeness (QED) is 0.600. The highest BCUT2D eigenvalue weighted by Crippen LogP contribution is 1.91. The Balaban J connectivity index is 3.28. The molecule has 0 aliphatic rings. The summed E-state index contributed by atoms with van der Waals surface area (Å²) in [5, 5.41) is 2.25. The third-order valence-corrected chi connectivity index (χ3v) is 1.11. The van der Waals surface area contributed by atoms with E-state index in [0.717, 1.165) is 13.0 Å². The van der Waals surface area contributed by atoms with Gasteiger partial charge in [0, 0.05) is 6.54 Å². The van der Waals surface area contributed by atoms with Crippen molar-refractivity contribution in [2.24, 2.45) is 0 Å². The van der Waals surface area contributed by atoms with Crippen LogP contribution in [0.25, 0.3) is 0 Å². The molecule has 0 bridgehead atoms. The molecule has 54 valence electrons. The number of carbonyl (C=O) groups is 1. The van der Waals surface area contributed by atoms with Gasteiger partial charge in [-0.1, -0.05) is 6.92 Å². The van der Waals surface area contributed by atoms with Crippen LogP contribution in [0.4, 0.5) is 0 Å². The number of hydrogen-bond donors (Lipinski definition) is 1. The zero-order valence-corrected chi connectivity index (χ0v) is 6.53. The van der Waals surface area contributed by atoms with Gasteiger partial charge in [0.25, 0.3) is 0 Å². The fraction of sp³-hybridized carbons (Fsp3) is 0.833. The van der Waals surface area contributed by atoms with Crippen molar-refractivity contribution in [1.82, 2.24) is 5.32 Å². The summed E-state index contributed by atoms with van der Waals surface area (Å²) in [6, 6.07) is 0. The lowest BCUT2D eigenvalue weighted by Crippen LogP contribution is -2.29. The molecule has 1 amide bonds. The molecule has 0 fully saturated rings. The SMILES string of the molecule is CCCNC(=O)[C@@H](C)Cl. The minimum Gasteiger partial charge on any atom is -0.355 e. The summed E-state index contributed by atoms with van der Waals surface area (Å²) < 4.78 is 0. The highest BCUT2D eigenvalue weighted by atomic mass is 35.5. The number of amides is 1. The largest absolute Gasteiger partial charge is 0.355 e. The Labute approximate surface area is 60.6 Å². The van der Waals surface area contributed by atoms with Gasteiger partial charge in [0.05, 0.1) is 0 Å². The van der Waals surface area contributed by atoms with Gasteiger partial charge in [-0.25, -0.2) is 0 Å². The summed E-state index contributed by atoms with van der Waals surface area (Å²) in [6.45, 7) is 4.38. The maximum atomic E-state index is 10.7. The average molecular weight is 150 g/mol. The highest BCUT2D eigenvalue weighted by Gasteiger charge is 2.05. The predicted octanol–water partition coefficient (Wildman–Crippen LogP) is 1.14. The first-order valence-corrected chi connectivity index (χ1v) is 3.54. The molecule has 0 aromatic rings. The molecule has 2 nitrogen and oxygen atoms in total. The van der Waals surface area contributed by atoms with Crippen LogP contribution in [0.1, 0.15) is 20.3 Å². The summed E-state index contributed by atoms with van der Waals surface area (Å²) in [6.07, 6.45) is 0.954. The first kappa shape index (κ1) is 8.76. The predicted molar refractivity (Wildman–Crippen MR) is 38.6 cm³/mol. The number of alkyl halides is 1. The number of carbonyl (C=O) groups excluding carboxylic acids is 1. The minimum absolute atomic E-state index is 0.0847. The molecule has 0 spiro atoms. The van der Waals surface area contributed by atoms with Gasteiger partial charge in [0.1, 0.15) is 5.38 Å². The lowest BCUT2D eigenvalue weighted by molar-refractivity contribution is -0.120. The molecular formula is C6H12ClNO. The van der Waals surface area contributed by atoms with Crippen molar-refractivity contribution in [3.8, 4) is 0 Å². The van der Waals surface area contributed by atoms with E-state index in [0.29, 0.717) is 0 Å². The molecule has 0 saturated heterocycles. The topological polar surface area (TPSA) is 29.1 Å². The maximum absolute atomic E-state index is 10.7. The summed E-state index contributed by atoms with van der Waals surface area (Å²) in [7, 11) is 0. The Kier molecular flexibility index (Phi) is 4.50. The molecule has 0 aromatic carbocycles. The molecule has 0 unspecified atom stereocenters. The molecule has 0 rings (SSSR count). The van der Waals surface area contributed by atoms with E-state index in [4.69, 9.17) is 11.6 Å². The van der Waals surface area contributed by atoms with Crippen molar-refractivity contribution in [3.63, 3.8) is 0 Å². The Bertz CT molecular complexity index is 93.1. The van der Waals surface area contributed by atoms with E-state index in [9.17, 15) is 4.79 Å². The second-order valence-corrected chi connectivity index (χ2v) is 2.56. The monoisotopic (exact) mass is 149 g/mol. The zero-order valence-electron chi connectivity index (χ0n) is 5.78. The van der Waals surface area contributed by atoms with Crippen molar-refractivity contribution in [2.75, 3.05) is 6.54 Å². The standard InChI is InChI=1S/C6H12ClNO/c1-3-4-8-6(9)5(2)7/h5H,3-4H2,1-2H3,(H,8,9)/t5-/m1/s1. The smallest absolute Gasteiger partial charge is 0.237 e. The Morgan fingerprint density at radius 3 is 2.67 bits per heavy atom. The molecule has 0 aromatic heterocycles. The van der Waals surface area contributed by atoms with E-state index in [1.165, 1.54) is 0 Å².